The Balaban J connectivity index is 1.17. The molecule has 4 aliphatic carbocycles. The highest BCUT2D eigenvalue weighted by Gasteiger charge is 2.76. The van der Waals surface area contributed by atoms with Gasteiger partial charge in [0.2, 0.25) is 5.78 Å². The summed E-state index contributed by atoms with van der Waals surface area (Å²) in [5.41, 5.74) is -6.77. The quantitative estimate of drug-likeness (QED) is 0.126. The zero-order chi connectivity index (χ0) is 38.2. The van der Waals surface area contributed by atoms with Gasteiger partial charge in [-0.25, -0.2) is 9.18 Å². The van der Waals surface area contributed by atoms with E-state index in [1.165, 1.54) is 49.4 Å². The molecule has 1 amide bonds. The van der Waals surface area contributed by atoms with Gasteiger partial charge in [-0.2, -0.15) is 0 Å². The number of Topliss-reactive ketones (excluding diaryl/α,β-unsaturated/α-hetero) is 1. The molecule has 0 aromatic heterocycles. The molecule has 4 N–H and O–H groups in total. The minimum Gasteiger partial charge on any atom is -0.456 e. The van der Waals surface area contributed by atoms with E-state index in [-0.39, 0.29) is 30.8 Å². The Morgan fingerprint density at radius 3 is 2.54 bits per heavy atom. The summed E-state index contributed by atoms with van der Waals surface area (Å²) in [5, 5.41) is 55.3. The van der Waals surface area contributed by atoms with Crippen LogP contribution in [-0.4, -0.2) is 98.5 Å². The fourth-order valence-electron chi connectivity index (χ4n) is 8.71. The Kier molecular flexibility index (Phi) is 10.4. The number of alkyl halides is 1. The van der Waals surface area contributed by atoms with E-state index in [0.29, 0.717) is 17.6 Å². The number of aliphatic hydroxyl groups is 3. The van der Waals surface area contributed by atoms with E-state index in [0.717, 1.165) is 0 Å². The zero-order valence-electron chi connectivity index (χ0n) is 28.1. The molecular weight excluding hydrogens is 697 g/mol. The maximum Gasteiger partial charge on any atom is 0.413 e. The maximum absolute atomic E-state index is 17.3. The van der Waals surface area contributed by atoms with Crippen LogP contribution in [0.25, 0.3) is 0 Å². The van der Waals surface area contributed by atoms with Crippen molar-refractivity contribution < 1.29 is 68.2 Å². The van der Waals surface area contributed by atoms with Crippen LogP contribution in [0.3, 0.4) is 0 Å². The molecule has 52 heavy (non-hydrogen) atoms. The molecule has 0 aliphatic heterocycles. The molecule has 3 saturated carbocycles. The molecule has 0 saturated heterocycles. The van der Waals surface area contributed by atoms with E-state index in [2.05, 4.69) is 15.0 Å². The first-order valence-electron chi connectivity index (χ1n) is 16.4. The topological polar surface area (TPSA) is 264 Å². The highest BCUT2D eigenvalue weighted by molar-refractivity contribution is 6.01. The van der Waals surface area contributed by atoms with Gasteiger partial charge in [0.1, 0.15) is 25.0 Å². The van der Waals surface area contributed by atoms with Gasteiger partial charge in [-0.15, -0.1) is 20.2 Å². The molecule has 3 unspecified atom stereocenters. The molecule has 4 aliphatic rings. The van der Waals surface area contributed by atoms with Gasteiger partial charge in [0.15, 0.2) is 23.7 Å². The molecule has 0 spiro atoms. The first-order valence-corrected chi connectivity index (χ1v) is 16.4. The van der Waals surface area contributed by atoms with Crippen LogP contribution in [0.5, 0.6) is 5.75 Å². The lowest BCUT2D eigenvalue weighted by atomic mass is 9.44. The van der Waals surface area contributed by atoms with Crippen LogP contribution < -0.4 is 10.1 Å². The fraction of sp³-hybridized carbons (Fsp3) is 0.576. The maximum atomic E-state index is 17.3. The molecule has 3 fully saturated rings. The number of nitrogens with one attached hydrogen (secondary N) is 1. The SMILES string of the molecule is C[C@]12C=CC(=O)C=C1CCC1C3C[C@@H](O)[C@](O)(C(=O)COC(=O)CNC(=O)Oc4cccc(CC(CO[N+](=O)[O-])O[N+](=O)[O-])c4)[C@@]3(C)C[C@H](O)[C@@]12F. The van der Waals surface area contributed by atoms with Gasteiger partial charge in [0, 0.05) is 23.2 Å². The molecule has 1 aromatic rings. The fourth-order valence-corrected chi connectivity index (χ4v) is 8.71. The third-order valence-corrected chi connectivity index (χ3v) is 11.2. The van der Waals surface area contributed by atoms with Crippen LogP contribution in [0.15, 0.2) is 48.1 Å². The average Bonchev–Trinajstić information content (AvgIpc) is 3.27. The van der Waals surface area contributed by atoms with Crippen molar-refractivity contribution in [3.63, 3.8) is 0 Å². The van der Waals surface area contributed by atoms with Gasteiger partial charge in [-0.3, -0.25) is 14.4 Å². The number of fused-ring (bicyclic) bond motifs is 5. The van der Waals surface area contributed by atoms with Gasteiger partial charge >= 0.3 is 12.1 Å². The molecule has 5 rings (SSSR count). The number of rotatable bonds is 13. The van der Waals surface area contributed by atoms with Crippen molar-refractivity contribution in [2.24, 2.45) is 22.7 Å². The first-order chi connectivity index (χ1) is 24.3. The molecule has 0 heterocycles. The van der Waals surface area contributed by atoms with Crippen molar-refractivity contribution >= 4 is 23.6 Å². The number of allylic oxidation sites excluding steroid dienone is 4. The van der Waals surface area contributed by atoms with Crippen molar-refractivity contribution in [2.45, 2.75) is 75.5 Å². The number of halogens is 1. The summed E-state index contributed by atoms with van der Waals surface area (Å²) in [6.07, 6.45) is -2.05. The Morgan fingerprint density at radius 1 is 1.12 bits per heavy atom. The van der Waals surface area contributed by atoms with E-state index in [1.54, 1.807) is 6.92 Å². The lowest BCUT2D eigenvalue weighted by Crippen LogP contribution is -2.69. The summed E-state index contributed by atoms with van der Waals surface area (Å²) in [6.45, 7) is 0.543. The van der Waals surface area contributed by atoms with E-state index in [1.807, 2.05) is 0 Å². The molecule has 1 aromatic carbocycles. The van der Waals surface area contributed by atoms with Crippen molar-refractivity contribution in [3.05, 3.63) is 73.9 Å². The highest BCUT2D eigenvalue weighted by atomic mass is 19.1. The van der Waals surface area contributed by atoms with Crippen LogP contribution in [0.2, 0.25) is 0 Å². The Morgan fingerprint density at radius 2 is 1.85 bits per heavy atom. The second-order valence-electron chi connectivity index (χ2n) is 13.9. The van der Waals surface area contributed by atoms with Crippen molar-refractivity contribution in [1.82, 2.24) is 5.32 Å². The second-order valence-corrected chi connectivity index (χ2v) is 13.9. The van der Waals surface area contributed by atoms with E-state index in [9.17, 15) is 54.7 Å². The third kappa shape index (κ3) is 6.70. The van der Waals surface area contributed by atoms with E-state index < -0.39 is 106 Å². The van der Waals surface area contributed by atoms with Crippen LogP contribution in [0, 0.1) is 42.9 Å². The van der Waals surface area contributed by atoms with E-state index >= 15 is 4.39 Å². The van der Waals surface area contributed by atoms with E-state index in [4.69, 9.17) is 9.47 Å². The van der Waals surface area contributed by atoms with Crippen LogP contribution >= 0.6 is 0 Å². The predicted molar refractivity (Wildman–Crippen MR) is 170 cm³/mol. The van der Waals surface area contributed by atoms with Crippen molar-refractivity contribution in [1.29, 1.82) is 0 Å². The number of ketones is 2. The summed E-state index contributed by atoms with van der Waals surface area (Å²) in [4.78, 5) is 80.1. The number of benzene rings is 1. The molecule has 0 bridgehead atoms. The van der Waals surface area contributed by atoms with Gasteiger partial charge in [-0.1, -0.05) is 30.7 Å². The number of carbonyl (C=O) groups excluding carboxylic acids is 4. The Hall–Kier alpha value is -5.01. The summed E-state index contributed by atoms with van der Waals surface area (Å²) < 4.78 is 27.4. The molecule has 282 valence electrons. The number of hydrogen-bond donors (Lipinski definition) is 4. The van der Waals surface area contributed by atoms with Crippen LogP contribution in [0.4, 0.5) is 9.18 Å². The molecule has 9 atom stereocenters. The average molecular weight is 736 g/mol. The largest absolute Gasteiger partial charge is 0.456 e. The molecule has 19 heteroatoms. The monoisotopic (exact) mass is 735 g/mol. The minimum atomic E-state index is -2.52. The number of esters is 1. The van der Waals surface area contributed by atoms with Gasteiger partial charge in [0.25, 0.3) is 10.2 Å². The van der Waals surface area contributed by atoms with Gasteiger partial charge in [0.05, 0.1) is 12.2 Å². The number of hydrogen-bond acceptors (Lipinski definition) is 15. The smallest absolute Gasteiger partial charge is 0.413 e. The predicted octanol–water partition coefficient (Wildman–Crippen LogP) is 1.29. The molecule has 18 nitrogen and oxygen atoms in total. The Bertz CT molecular complexity index is 1720. The number of carbonyl (C=O) groups is 4. The zero-order valence-corrected chi connectivity index (χ0v) is 28.1. The van der Waals surface area contributed by atoms with Crippen LogP contribution in [-0.2, 0) is 35.2 Å². The lowest BCUT2D eigenvalue weighted by Gasteiger charge is -2.62. The minimum absolute atomic E-state index is 0.0759. The summed E-state index contributed by atoms with van der Waals surface area (Å²) in [5.74, 6) is -4.22. The third-order valence-electron chi connectivity index (χ3n) is 11.2. The van der Waals surface area contributed by atoms with Crippen molar-refractivity contribution in [3.8, 4) is 5.75 Å². The normalized spacial score (nSPS) is 33.7. The van der Waals surface area contributed by atoms with Crippen molar-refractivity contribution in [2.75, 3.05) is 19.8 Å². The number of ether oxygens (including phenoxy) is 2. The number of amides is 1. The highest BCUT2D eigenvalue weighted by Crippen LogP contribution is 2.69. The summed E-state index contributed by atoms with van der Waals surface area (Å²) in [6, 6.07) is 5.51. The van der Waals surface area contributed by atoms with Crippen LogP contribution in [0.1, 0.15) is 45.1 Å². The first kappa shape index (κ1) is 38.2. The standard InChI is InChI=1S/C33H38FN3O15/c1-30-9-8-20(38)12-19(30)6-7-23-24-13-25(39)33(44,31(24,2)14-26(40)32(23,30)34)27(41)17-49-28(42)15-35-29(43)51-21-5-3-4-18(10-21)11-22(52-37(47)48)16-50-36(45)46/h3-5,8-10,12,22-26,39-40,44H,6-7,11,13-17H2,1-2H3,(H,35,43)/t22?,23?,24?,25-,26+,30+,31+,32+,33+/m1/s1. The van der Waals surface area contributed by atoms with Gasteiger partial charge < -0.3 is 39.8 Å². The number of aliphatic hydroxyl groups excluding tert-OH is 2. The number of nitrogens with zero attached hydrogens (tertiary/aromatic N) is 2. The summed E-state index contributed by atoms with van der Waals surface area (Å²) in [7, 11) is 0. The Labute approximate surface area is 294 Å². The molecule has 0 radical (unpaired) electrons. The lowest BCUT2D eigenvalue weighted by molar-refractivity contribution is -0.789. The second kappa shape index (κ2) is 14.2. The molecular formula is C33H38FN3O15. The van der Waals surface area contributed by atoms with Gasteiger partial charge in [-0.05, 0) is 68.4 Å². The summed E-state index contributed by atoms with van der Waals surface area (Å²) >= 11 is 0.